The fourth-order valence-electron chi connectivity index (χ4n) is 1.66. The van der Waals surface area contributed by atoms with Crippen molar-refractivity contribution in [3.8, 4) is 0 Å². The Morgan fingerprint density at radius 2 is 2.21 bits per heavy atom. The SMILES string of the molecule is COC[C@](C)(O)CNC(=O)c1ccc2nsnc2c1. The lowest BCUT2D eigenvalue weighted by atomic mass is 10.1. The van der Waals surface area contributed by atoms with Crippen molar-refractivity contribution in [1.29, 1.82) is 0 Å². The van der Waals surface area contributed by atoms with E-state index in [1.807, 2.05) is 0 Å². The molecule has 0 aliphatic rings. The Morgan fingerprint density at radius 3 is 2.95 bits per heavy atom. The third-order valence-corrected chi connectivity index (χ3v) is 3.16. The number of rotatable bonds is 5. The number of nitrogens with one attached hydrogen (secondary N) is 1. The number of aromatic nitrogens is 2. The lowest BCUT2D eigenvalue weighted by Crippen LogP contribution is -2.43. The first-order valence-electron chi connectivity index (χ1n) is 5.74. The van der Waals surface area contributed by atoms with Crippen molar-refractivity contribution < 1.29 is 14.6 Å². The van der Waals surface area contributed by atoms with Crippen molar-refractivity contribution in [2.45, 2.75) is 12.5 Å². The molecule has 102 valence electrons. The molecule has 0 saturated heterocycles. The van der Waals surface area contributed by atoms with Gasteiger partial charge in [0.15, 0.2) is 0 Å². The molecular formula is C12H15N3O3S. The Bertz CT molecular complexity index is 582. The van der Waals surface area contributed by atoms with Gasteiger partial charge in [0.05, 0.1) is 18.3 Å². The zero-order valence-electron chi connectivity index (χ0n) is 10.7. The fraction of sp³-hybridized carbons (Fsp3) is 0.417. The van der Waals surface area contributed by atoms with Crippen LogP contribution in [0.5, 0.6) is 0 Å². The number of aliphatic hydroxyl groups is 1. The molecule has 19 heavy (non-hydrogen) atoms. The summed E-state index contributed by atoms with van der Waals surface area (Å²) in [5, 5.41) is 12.6. The van der Waals surface area contributed by atoms with Crippen molar-refractivity contribution >= 4 is 28.7 Å². The number of nitrogens with zero attached hydrogens (tertiary/aromatic N) is 2. The lowest BCUT2D eigenvalue weighted by Gasteiger charge is -2.22. The highest BCUT2D eigenvalue weighted by Crippen LogP contribution is 2.13. The third kappa shape index (κ3) is 3.46. The molecule has 2 rings (SSSR count). The molecule has 2 aromatic rings. The van der Waals surface area contributed by atoms with Gasteiger partial charge in [0.25, 0.3) is 5.91 Å². The third-order valence-electron chi connectivity index (χ3n) is 2.60. The molecule has 7 heteroatoms. The zero-order chi connectivity index (χ0) is 13.9. The fourth-order valence-corrected chi connectivity index (χ4v) is 2.18. The molecule has 0 radical (unpaired) electrons. The molecule has 0 aliphatic carbocycles. The molecule has 1 aromatic carbocycles. The van der Waals surface area contributed by atoms with Crippen LogP contribution in [0.1, 0.15) is 17.3 Å². The van der Waals surface area contributed by atoms with Crippen LogP contribution < -0.4 is 5.32 Å². The number of methoxy groups -OCH3 is 1. The summed E-state index contributed by atoms with van der Waals surface area (Å²) >= 11 is 1.11. The lowest BCUT2D eigenvalue weighted by molar-refractivity contribution is -0.0147. The van der Waals surface area contributed by atoms with E-state index >= 15 is 0 Å². The molecule has 0 fully saturated rings. The van der Waals surface area contributed by atoms with Crippen LogP contribution in [-0.2, 0) is 4.74 Å². The maximum absolute atomic E-state index is 12.0. The van der Waals surface area contributed by atoms with E-state index in [0.29, 0.717) is 11.1 Å². The minimum absolute atomic E-state index is 0.118. The molecule has 1 amide bonds. The van der Waals surface area contributed by atoms with Gasteiger partial charge < -0.3 is 15.2 Å². The van der Waals surface area contributed by atoms with Crippen LogP contribution in [0.3, 0.4) is 0 Å². The first kappa shape index (κ1) is 13.9. The van der Waals surface area contributed by atoms with Gasteiger partial charge in [-0.1, -0.05) is 0 Å². The van der Waals surface area contributed by atoms with Gasteiger partial charge in [-0.2, -0.15) is 8.75 Å². The molecule has 0 saturated carbocycles. The van der Waals surface area contributed by atoms with E-state index in [9.17, 15) is 9.90 Å². The standard InChI is InChI=1S/C12H15N3O3S/c1-12(17,7-18-2)6-13-11(16)8-3-4-9-10(5-8)15-19-14-9/h3-5,17H,6-7H2,1-2H3,(H,13,16)/t12-/m1/s1. The number of carbonyl (C=O) groups is 1. The Kier molecular flexibility index (Phi) is 4.08. The average Bonchev–Trinajstić information content (AvgIpc) is 2.83. The van der Waals surface area contributed by atoms with Gasteiger partial charge in [-0.3, -0.25) is 4.79 Å². The van der Waals surface area contributed by atoms with E-state index in [2.05, 4.69) is 14.1 Å². The normalized spacial score (nSPS) is 14.3. The number of ether oxygens (including phenoxy) is 1. The Balaban J connectivity index is 2.03. The van der Waals surface area contributed by atoms with E-state index in [4.69, 9.17) is 4.74 Å². The predicted molar refractivity (Wildman–Crippen MR) is 72.2 cm³/mol. The van der Waals surface area contributed by atoms with Crippen LogP contribution in [0.25, 0.3) is 11.0 Å². The molecule has 1 atom stereocenters. The van der Waals surface area contributed by atoms with Gasteiger partial charge in [-0.05, 0) is 25.1 Å². The second kappa shape index (κ2) is 5.60. The summed E-state index contributed by atoms with van der Waals surface area (Å²) in [7, 11) is 1.50. The summed E-state index contributed by atoms with van der Waals surface area (Å²) in [5.74, 6) is -0.258. The first-order valence-corrected chi connectivity index (χ1v) is 6.47. The van der Waals surface area contributed by atoms with Gasteiger partial charge in [-0.25, -0.2) is 0 Å². The Hall–Kier alpha value is -1.57. The van der Waals surface area contributed by atoms with Crippen molar-refractivity contribution in [1.82, 2.24) is 14.1 Å². The molecule has 0 spiro atoms. The number of hydrogen-bond acceptors (Lipinski definition) is 6. The van der Waals surface area contributed by atoms with Crippen LogP contribution in [0, 0.1) is 0 Å². The molecule has 0 unspecified atom stereocenters. The van der Waals surface area contributed by atoms with E-state index in [1.54, 1.807) is 25.1 Å². The van der Waals surface area contributed by atoms with Crippen molar-refractivity contribution in [3.63, 3.8) is 0 Å². The smallest absolute Gasteiger partial charge is 0.251 e. The van der Waals surface area contributed by atoms with Gasteiger partial charge >= 0.3 is 0 Å². The van der Waals surface area contributed by atoms with Crippen molar-refractivity contribution in [2.24, 2.45) is 0 Å². The van der Waals surface area contributed by atoms with Gasteiger partial charge in [0, 0.05) is 19.2 Å². The molecule has 6 nitrogen and oxygen atoms in total. The largest absolute Gasteiger partial charge is 0.386 e. The minimum atomic E-state index is -1.09. The summed E-state index contributed by atoms with van der Waals surface area (Å²) in [5.41, 5.74) is 0.874. The van der Waals surface area contributed by atoms with E-state index in [1.165, 1.54) is 7.11 Å². The molecule has 0 bridgehead atoms. The van der Waals surface area contributed by atoms with Crippen molar-refractivity contribution in [2.75, 3.05) is 20.3 Å². The second-order valence-corrected chi connectivity index (χ2v) is 5.11. The Labute approximate surface area is 114 Å². The number of fused-ring (bicyclic) bond motifs is 1. The highest BCUT2D eigenvalue weighted by molar-refractivity contribution is 7.00. The van der Waals surface area contributed by atoms with E-state index in [-0.39, 0.29) is 19.1 Å². The molecular weight excluding hydrogens is 266 g/mol. The average molecular weight is 281 g/mol. The minimum Gasteiger partial charge on any atom is -0.386 e. The number of benzene rings is 1. The summed E-state index contributed by atoms with van der Waals surface area (Å²) in [4.78, 5) is 12.0. The monoisotopic (exact) mass is 281 g/mol. The van der Waals surface area contributed by atoms with Crippen LogP contribution in [0.2, 0.25) is 0 Å². The predicted octanol–water partition coefficient (Wildman–Crippen LogP) is 0.818. The number of hydrogen-bond donors (Lipinski definition) is 2. The van der Waals surface area contributed by atoms with Crippen LogP contribution in [0.15, 0.2) is 18.2 Å². The molecule has 0 aliphatic heterocycles. The Morgan fingerprint density at radius 1 is 1.47 bits per heavy atom. The van der Waals surface area contributed by atoms with Crippen LogP contribution in [0.4, 0.5) is 0 Å². The second-order valence-electron chi connectivity index (χ2n) is 4.58. The van der Waals surface area contributed by atoms with Crippen LogP contribution in [-0.4, -0.2) is 45.6 Å². The highest BCUT2D eigenvalue weighted by atomic mass is 32.1. The zero-order valence-corrected chi connectivity index (χ0v) is 11.5. The molecule has 1 heterocycles. The van der Waals surface area contributed by atoms with Gasteiger partial charge in [0.1, 0.15) is 16.6 Å². The van der Waals surface area contributed by atoms with E-state index < -0.39 is 5.60 Å². The van der Waals surface area contributed by atoms with E-state index in [0.717, 1.165) is 17.2 Å². The van der Waals surface area contributed by atoms with Crippen molar-refractivity contribution in [3.05, 3.63) is 23.8 Å². The highest BCUT2D eigenvalue weighted by Gasteiger charge is 2.21. The van der Waals surface area contributed by atoms with Gasteiger partial charge in [0.2, 0.25) is 0 Å². The number of carbonyl (C=O) groups excluding carboxylic acids is 1. The summed E-state index contributed by atoms with van der Waals surface area (Å²) in [6.07, 6.45) is 0. The topological polar surface area (TPSA) is 84.3 Å². The summed E-state index contributed by atoms with van der Waals surface area (Å²) in [6.45, 7) is 1.87. The van der Waals surface area contributed by atoms with Gasteiger partial charge in [-0.15, -0.1) is 0 Å². The first-order chi connectivity index (χ1) is 9.02. The van der Waals surface area contributed by atoms with Crippen LogP contribution >= 0.6 is 11.7 Å². The quantitative estimate of drug-likeness (QED) is 0.847. The molecule has 1 aromatic heterocycles. The molecule has 2 N–H and O–H groups in total. The summed E-state index contributed by atoms with van der Waals surface area (Å²) < 4.78 is 13.0. The number of amides is 1. The maximum Gasteiger partial charge on any atom is 0.251 e. The maximum atomic E-state index is 12.0. The summed E-state index contributed by atoms with van der Waals surface area (Å²) in [6, 6.07) is 5.12.